The number of halogens is 2. The van der Waals surface area contributed by atoms with Crippen LogP contribution in [0.3, 0.4) is 0 Å². The van der Waals surface area contributed by atoms with Crippen LogP contribution < -0.4 is 9.41 Å². The number of rotatable bonds is 4. The maximum atomic E-state index is 3.57. The number of hydrogen-bond acceptors (Lipinski definition) is 2. The first-order valence-electron chi connectivity index (χ1n) is 11.3. The van der Waals surface area contributed by atoms with Crippen LogP contribution in [-0.4, -0.2) is 51.8 Å². The molecule has 0 bridgehead atoms. The fourth-order valence-electron chi connectivity index (χ4n) is 4.93. The maximum absolute atomic E-state index is 3.57. The summed E-state index contributed by atoms with van der Waals surface area (Å²) in [6.45, 7) is 19.5. The van der Waals surface area contributed by atoms with Crippen LogP contribution in [0.4, 0.5) is 0 Å². The van der Waals surface area contributed by atoms with Gasteiger partial charge in [-0.15, -0.1) is 0 Å². The van der Waals surface area contributed by atoms with Crippen molar-refractivity contribution in [1.29, 1.82) is 0 Å². The molecular formula is C24H40F2HfN2Si2. The van der Waals surface area contributed by atoms with Crippen LogP contribution >= 0.6 is 0 Å². The molecule has 0 radical (unpaired) electrons. The van der Waals surface area contributed by atoms with Gasteiger partial charge in [-0.05, 0) is 51.9 Å². The minimum Gasteiger partial charge on any atom is -1.00 e. The summed E-state index contributed by atoms with van der Waals surface area (Å²) in [5.74, 6) is 0. The van der Waals surface area contributed by atoms with Gasteiger partial charge in [0.25, 0.3) is 0 Å². The second-order valence-corrected chi connectivity index (χ2v) is 18.6. The third-order valence-electron chi connectivity index (χ3n) is 7.19. The molecule has 2 aliphatic carbocycles. The normalized spacial score (nSPS) is 21.6. The van der Waals surface area contributed by atoms with E-state index in [-0.39, 0.29) is 35.3 Å². The van der Waals surface area contributed by atoms with E-state index in [4.69, 9.17) is 0 Å². The van der Waals surface area contributed by atoms with Crippen molar-refractivity contribution >= 4 is 16.5 Å². The molecule has 2 heterocycles. The Labute approximate surface area is 210 Å². The summed E-state index contributed by atoms with van der Waals surface area (Å²) < 4.78 is 5.48. The van der Waals surface area contributed by atoms with Gasteiger partial charge < -0.3 is 18.5 Å². The van der Waals surface area contributed by atoms with Gasteiger partial charge in [-0.1, -0.05) is 52.9 Å². The summed E-state index contributed by atoms with van der Waals surface area (Å²) in [7, 11) is -2.58. The topological polar surface area (TPSA) is 6.48 Å². The second-order valence-electron chi connectivity index (χ2n) is 9.90. The fraction of sp³-hybridized carbons (Fsp3) is 0.667. The van der Waals surface area contributed by atoms with Crippen LogP contribution in [0.1, 0.15) is 52.4 Å². The summed E-state index contributed by atoms with van der Waals surface area (Å²) in [5, 5.41) is 3.22. The summed E-state index contributed by atoms with van der Waals surface area (Å²) in [6, 6.07) is 0. The number of nitrogens with zero attached hydrogens (tertiary/aromatic N) is 2. The predicted molar refractivity (Wildman–Crippen MR) is 127 cm³/mol. The number of allylic oxidation sites excluding steroid dienone is 8. The van der Waals surface area contributed by atoms with E-state index in [0.29, 0.717) is 0 Å². The molecule has 31 heavy (non-hydrogen) atoms. The summed E-state index contributed by atoms with van der Waals surface area (Å²) >= 11 is 0. The van der Waals surface area contributed by atoms with Gasteiger partial charge in [0.2, 0.25) is 0 Å². The molecule has 0 aromatic heterocycles. The molecule has 0 atom stereocenters. The summed E-state index contributed by atoms with van der Waals surface area (Å²) in [4.78, 5) is 0. The van der Waals surface area contributed by atoms with Gasteiger partial charge in [0.05, 0.1) is 0 Å². The monoisotopic (exact) mass is 630 g/mol. The molecular weight excluding hydrogens is 589 g/mol. The zero-order chi connectivity index (χ0) is 20.4. The van der Waals surface area contributed by atoms with Gasteiger partial charge in [0, 0.05) is 0 Å². The molecule has 0 amide bonds. The molecule has 0 aromatic rings. The first-order valence-corrected chi connectivity index (χ1v) is 17.2. The Kier molecular flexibility index (Phi) is 13.1. The molecule has 0 N–H and O–H groups in total. The van der Waals surface area contributed by atoms with Crippen LogP contribution in [-0.2, 0) is 25.8 Å². The van der Waals surface area contributed by atoms with Crippen molar-refractivity contribution in [2.75, 3.05) is 26.2 Å². The van der Waals surface area contributed by atoms with Gasteiger partial charge in [0.15, 0.2) is 0 Å². The van der Waals surface area contributed by atoms with E-state index in [2.05, 4.69) is 73.5 Å². The second kappa shape index (κ2) is 13.1. The van der Waals surface area contributed by atoms with Crippen molar-refractivity contribution in [2.45, 2.75) is 78.6 Å². The minimum absolute atomic E-state index is 0. The van der Waals surface area contributed by atoms with E-state index in [0.717, 1.165) is 0 Å². The van der Waals surface area contributed by atoms with Crippen molar-refractivity contribution in [3.05, 3.63) is 45.8 Å². The summed E-state index contributed by atoms with van der Waals surface area (Å²) in [5.41, 5.74) is 2.69. The quantitative estimate of drug-likeness (QED) is 0.315. The van der Waals surface area contributed by atoms with E-state index in [9.17, 15) is 0 Å². The third kappa shape index (κ3) is 7.52. The van der Waals surface area contributed by atoms with Gasteiger partial charge in [-0.25, -0.2) is 23.3 Å². The average molecular weight is 629 g/mol. The molecule has 7 heteroatoms. The van der Waals surface area contributed by atoms with Gasteiger partial charge in [0.1, 0.15) is 16.5 Å². The van der Waals surface area contributed by atoms with Gasteiger partial charge in [-0.3, -0.25) is 12.2 Å². The Morgan fingerprint density at radius 1 is 0.645 bits per heavy atom. The van der Waals surface area contributed by atoms with Crippen LogP contribution in [0.2, 0.25) is 26.2 Å². The van der Waals surface area contributed by atoms with Gasteiger partial charge in [-0.2, -0.15) is 10.4 Å². The Bertz CT molecular complexity index is 642. The first-order chi connectivity index (χ1) is 13.2. The van der Waals surface area contributed by atoms with E-state index in [1.165, 1.54) is 75.9 Å². The Morgan fingerprint density at radius 3 is 1.16 bits per heavy atom. The standard InChI is InChI=1S/2C12H20NSi.2FH.Hf/c2*1-11-6-7-12(10-11)14(2,3)13-8-4-5-9-13;;;/h2*6H,4-5,7-9H2,1-3H3;2*1H;/q2*-1;;;+4/p-2. The molecule has 0 saturated carbocycles. The van der Waals surface area contributed by atoms with Crippen LogP contribution in [0.5, 0.6) is 0 Å². The average Bonchev–Trinajstić information content (AvgIpc) is 3.42. The maximum Gasteiger partial charge on any atom is 4.00 e. The van der Waals surface area contributed by atoms with Crippen molar-refractivity contribution < 1.29 is 35.3 Å². The van der Waals surface area contributed by atoms with Gasteiger partial charge >= 0.3 is 25.8 Å². The zero-order valence-electron chi connectivity index (χ0n) is 20.4. The largest absolute Gasteiger partial charge is 4.00 e. The zero-order valence-corrected chi connectivity index (χ0v) is 26.0. The Hall–Kier alpha value is 0.0439. The molecule has 2 fully saturated rings. The molecule has 0 spiro atoms. The fourth-order valence-corrected chi connectivity index (χ4v) is 10.8. The SMILES string of the molecule is CC1=CCC([Si](C)(C)N2CCCC2)=[C-]1.CC1=CCC([Si](C)(C)N2CCCC2)=[C-]1.[F-].[F-].[Hf+4]. The molecule has 2 saturated heterocycles. The molecule has 4 rings (SSSR count). The molecule has 2 aliphatic heterocycles. The van der Waals surface area contributed by atoms with E-state index in [1.54, 1.807) is 10.4 Å². The van der Waals surface area contributed by atoms with Crippen molar-refractivity contribution in [1.82, 2.24) is 9.13 Å². The van der Waals surface area contributed by atoms with Crippen molar-refractivity contribution in [2.24, 2.45) is 0 Å². The molecule has 2 nitrogen and oxygen atoms in total. The number of hydrogen-bond donors (Lipinski definition) is 0. The van der Waals surface area contributed by atoms with Crippen molar-refractivity contribution in [3.63, 3.8) is 0 Å². The molecule has 172 valence electrons. The summed E-state index contributed by atoms with van der Waals surface area (Å²) in [6.07, 6.45) is 19.7. The first kappa shape index (κ1) is 31.0. The van der Waals surface area contributed by atoms with Crippen LogP contribution in [0.15, 0.2) is 33.7 Å². The molecule has 0 unspecified atom stereocenters. The predicted octanol–water partition coefficient (Wildman–Crippen LogP) is -0.182. The minimum atomic E-state index is -1.29. The van der Waals surface area contributed by atoms with E-state index in [1.807, 2.05) is 0 Å². The van der Waals surface area contributed by atoms with E-state index >= 15 is 0 Å². The Balaban J connectivity index is 0.000000529. The van der Waals surface area contributed by atoms with Crippen LogP contribution in [0.25, 0.3) is 0 Å². The smallest absolute Gasteiger partial charge is 1.00 e. The molecule has 4 aliphatic rings. The Morgan fingerprint density at radius 2 is 0.935 bits per heavy atom. The molecule has 0 aromatic carbocycles. The van der Waals surface area contributed by atoms with E-state index < -0.39 is 16.5 Å². The van der Waals surface area contributed by atoms with Crippen LogP contribution in [0, 0.1) is 12.2 Å². The van der Waals surface area contributed by atoms with Crippen molar-refractivity contribution in [3.8, 4) is 0 Å². The third-order valence-corrected chi connectivity index (χ3v) is 14.9.